The van der Waals surface area contributed by atoms with Crippen LogP contribution < -0.4 is 10.5 Å². The van der Waals surface area contributed by atoms with E-state index in [4.69, 9.17) is 5.73 Å². The van der Waals surface area contributed by atoms with E-state index in [0.29, 0.717) is 18.0 Å². The fourth-order valence-corrected chi connectivity index (χ4v) is 3.71. The monoisotopic (exact) mass is 288 g/mol. The summed E-state index contributed by atoms with van der Waals surface area (Å²) in [5.74, 6) is 1.24. The zero-order valence-corrected chi connectivity index (χ0v) is 12.4. The van der Waals surface area contributed by atoms with Gasteiger partial charge in [-0.3, -0.25) is 0 Å². The number of thioether (sulfide) groups is 1. The van der Waals surface area contributed by atoms with Gasteiger partial charge >= 0.3 is 0 Å². The molecule has 0 bridgehead atoms. The normalized spacial score (nSPS) is 13.5. The van der Waals surface area contributed by atoms with Crippen LogP contribution in [0.15, 0.2) is 29.2 Å². The molecule has 1 atom stereocenters. The van der Waals surface area contributed by atoms with Crippen molar-refractivity contribution in [2.24, 2.45) is 11.7 Å². The molecule has 18 heavy (non-hydrogen) atoms. The lowest BCUT2D eigenvalue weighted by atomic mass is 10.2. The number of nitrogens with two attached hydrogens (primary N) is 1. The van der Waals surface area contributed by atoms with Crippen LogP contribution in [0.2, 0.25) is 0 Å². The van der Waals surface area contributed by atoms with E-state index in [-0.39, 0.29) is 11.4 Å². The van der Waals surface area contributed by atoms with Crippen molar-refractivity contribution < 1.29 is 8.42 Å². The second-order valence-corrected chi connectivity index (χ2v) is 6.87. The summed E-state index contributed by atoms with van der Waals surface area (Å²) in [4.78, 5) is 0.281. The Morgan fingerprint density at radius 3 is 2.67 bits per heavy atom. The lowest BCUT2D eigenvalue weighted by Crippen LogP contribution is -2.30. The first kappa shape index (κ1) is 15.5. The standard InChI is InChI=1S/C12H20N2O2S2/c1-10(9-17-2)8-14-18(15,16)12-6-4-3-5-11(12)7-13/h3-6,10,14H,7-9,13H2,1-2H3. The molecule has 4 nitrogen and oxygen atoms in total. The summed E-state index contributed by atoms with van der Waals surface area (Å²) in [5.41, 5.74) is 6.20. The molecule has 6 heteroatoms. The Morgan fingerprint density at radius 1 is 1.39 bits per heavy atom. The maximum atomic E-state index is 12.1. The molecule has 0 aromatic heterocycles. The van der Waals surface area contributed by atoms with Crippen LogP contribution in [-0.4, -0.2) is 27.0 Å². The van der Waals surface area contributed by atoms with Crippen LogP contribution >= 0.6 is 11.8 Å². The molecule has 1 aromatic rings. The first-order chi connectivity index (χ1) is 8.51. The van der Waals surface area contributed by atoms with Gasteiger partial charge in [-0.15, -0.1) is 0 Å². The van der Waals surface area contributed by atoms with Crippen molar-refractivity contribution in [3.8, 4) is 0 Å². The van der Waals surface area contributed by atoms with Crippen LogP contribution in [0.5, 0.6) is 0 Å². The van der Waals surface area contributed by atoms with Gasteiger partial charge in [0.05, 0.1) is 4.90 Å². The van der Waals surface area contributed by atoms with Crippen LogP contribution in [-0.2, 0) is 16.6 Å². The highest BCUT2D eigenvalue weighted by atomic mass is 32.2. The van der Waals surface area contributed by atoms with Gasteiger partial charge in [0.1, 0.15) is 0 Å². The van der Waals surface area contributed by atoms with E-state index in [9.17, 15) is 8.42 Å². The lowest BCUT2D eigenvalue weighted by molar-refractivity contribution is 0.561. The number of sulfonamides is 1. The molecule has 1 aromatic carbocycles. The predicted molar refractivity (Wildman–Crippen MR) is 77.1 cm³/mol. The molecule has 0 heterocycles. The fourth-order valence-electron chi connectivity index (χ4n) is 1.61. The molecule has 0 radical (unpaired) electrons. The lowest BCUT2D eigenvalue weighted by Gasteiger charge is -2.13. The maximum absolute atomic E-state index is 12.1. The summed E-state index contributed by atoms with van der Waals surface area (Å²) in [6.07, 6.45) is 2.01. The van der Waals surface area contributed by atoms with Crippen molar-refractivity contribution in [1.29, 1.82) is 0 Å². The molecule has 1 rings (SSSR count). The van der Waals surface area contributed by atoms with E-state index in [2.05, 4.69) is 4.72 Å². The molecule has 0 aliphatic carbocycles. The third-order valence-corrected chi connectivity index (χ3v) is 4.98. The minimum absolute atomic E-state index is 0.220. The summed E-state index contributed by atoms with van der Waals surface area (Å²) < 4.78 is 26.9. The van der Waals surface area contributed by atoms with Gasteiger partial charge in [-0.25, -0.2) is 13.1 Å². The third kappa shape index (κ3) is 4.28. The van der Waals surface area contributed by atoms with Crippen molar-refractivity contribution in [3.05, 3.63) is 29.8 Å². The average molecular weight is 288 g/mol. The zero-order chi connectivity index (χ0) is 13.6. The van der Waals surface area contributed by atoms with E-state index in [1.807, 2.05) is 13.2 Å². The number of benzene rings is 1. The van der Waals surface area contributed by atoms with E-state index in [1.54, 1.807) is 36.0 Å². The van der Waals surface area contributed by atoms with Gasteiger partial charge in [-0.05, 0) is 29.6 Å². The Bertz CT molecular complexity index is 475. The molecule has 102 valence electrons. The Kier molecular flexibility index (Phi) is 6.14. The first-order valence-corrected chi connectivity index (χ1v) is 8.65. The Labute approximate surface area is 113 Å². The molecular formula is C12H20N2O2S2. The molecular weight excluding hydrogens is 268 g/mol. The summed E-state index contributed by atoms with van der Waals surface area (Å²) >= 11 is 1.71. The van der Waals surface area contributed by atoms with Gasteiger partial charge in [0.25, 0.3) is 0 Å². The predicted octanol–water partition coefficient (Wildman–Crippen LogP) is 1.42. The quantitative estimate of drug-likeness (QED) is 0.796. The molecule has 0 saturated heterocycles. The van der Waals surface area contributed by atoms with Gasteiger partial charge in [0.15, 0.2) is 0 Å². The summed E-state index contributed by atoms with van der Waals surface area (Å²) in [6.45, 7) is 2.69. The largest absolute Gasteiger partial charge is 0.326 e. The number of rotatable bonds is 7. The molecule has 0 amide bonds. The summed E-state index contributed by atoms with van der Waals surface area (Å²) in [6, 6.07) is 6.82. The highest BCUT2D eigenvalue weighted by molar-refractivity contribution is 7.98. The van der Waals surface area contributed by atoms with Crippen LogP contribution in [0.1, 0.15) is 12.5 Å². The molecule has 0 saturated carbocycles. The van der Waals surface area contributed by atoms with Gasteiger partial charge in [-0.1, -0.05) is 25.1 Å². The van der Waals surface area contributed by atoms with Crippen molar-refractivity contribution in [2.45, 2.75) is 18.4 Å². The third-order valence-electron chi connectivity index (χ3n) is 2.56. The number of hydrogen-bond acceptors (Lipinski definition) is 4. The summed E-state index contributed by atoms with van der Waals surface area (Å²) in [7, 11) is -3.46. The topological polar surface area (TPSA) is 72.2 Å². The van der Waals surface area contributed by atoms with Gasteiger partial charge in [-0.2, -0.15) is 11.8 Å². The van der Waals surface area contributed by atoms with E-state index < -0.39 is 10.0 Å². The van der Waals surface area contributed by atoms with Gasteiger partial charge in [0.2, 0.25) is 10.0 Å². The van der Waals surface area contributed by atoms with Crippen molar-refractivity contribution in [1.82, 2.24) is 4.72 Å². The van der Waals surface area contributed by atoms with Crippen molar-refractivity contribution in [3.63, 3.8) is 0 Å². The molecule has 3 N–H and O–H groups in total. The highest BCUT2D eigenvalue weighted by Gasteiger charge is 2.17. The Balaban J connectivity index is 2.80. The van der Waals surface area contributed by atoms with E-state index >= 15 is 0 Å². The van der Waals surface area contributed by atoms with Crippen LogP contribution in [0.25, 0.3) is 0 Å². The zero-order valence-electron chi connectivity index (χ0n) is 10.7. The molecule has 0 aliphatic heterocycles. The van der Waals surface area contributed by atoms with Crippen LogP contribution in [0.3, 0.4) is 0 Å². The number of nitrogens with one attached hydrogen (secondary N) is 1. The molecule has 0 spiro atoms. The van der Waals surface area contributed by atoms with Crippen molar-refractivity contribution >= 4 is 21.8 Å². The van der Waals surface area contributed by atoms with E-state index in [1.165, 1.54) is 0 Å². The minimum atomic E-state index is -3.46. The summed E-state index contributed by atoms with van der Waals surface area (Å²) in [5, 5.41) is 0. The van der Waals surface area contributed by atoms with Crippen molar-refractivity contribution in [2.75, 3.05) is 18.6 Å². The highest BCUT2D eigenvalue weighted by Crippen LogP contribution is 2.15. The Morgan fingerprint density at radius 2 is 2.06 bits per heavy atom. The average Bonchev–Trinajstić information content (AvgIpc) is 2.37. The van der Waals surface area contributed by atoms with Crippen LogP contribution in [0.4, 0.5) is 0 Å². The SMILES string of the molecule is CSCC(C)CNS(=O)(=O)c1ccccc1CN. The minimum Gasteiger partial charge on any atom is -0.326 e. The molecule has 0 fully saturated rings. The van der Waals surface area contributed by atoms with Gasteiger partial charge in [0, 0.05) is 13.1 Å². The van der Waals surface area contributed by atoms with Crippen LogP contribution in [0, 0.1) is 5.92 Å². The Hall–Kier alpha value is -0.560. The first-order valence-electron chi connectivity index (χ1n) is 5.78. The maximum Gasteiger partial charge on any atom is 0.240 e. The fraction of sp³-hybridized carbons (Fsp3) is 0.500. The molecule has 0 aliphatic rings. The van der Waals surface area contributed by atoms with Gasteiger partial charge < -0.3 is 5.73 Å². The smallest absolute Gasteiger partial charge is 0.240 e. The second kappa shape index (κ2) is 7.13. The second-order valence-electron chi connectivity index (χ2n) is 4.22. The van der Waals surface area contributed by atoms with E-state index in [0.717, 1.165) is 5.75 Å². The number of hydrogen-bond donors (Lipinski definition) is 2. The molecule has 1 unspecified atom stereocenters.